The quantitative estimate of drug-likeness (QED) is 0.602. The first-order chi connectivity index (χ1) is 13.0. The zero-order chi connectivity index (χ0) is 19.4. The minimum absolute atomic E-state index is 0.257. The highest BCUT2D eigenvalue weighted by Crippen LogP contribution is 2.19. The molecule has 27 heavy (non-hydrogen) atoms. The van der Waals surface area contributed by atoms with E-state index < -0.39 is 0 Å². The number of carbonyl (C=O) groups is 1. The van der Waals surface area contributed by atoms with Crippen LogP contribution in [0.25, 0.3) is 0 Å². The number of hydrogen-bond donors (Lipinski definition) is 1. The van der Waals surface area contributed by atoms with E-state index in [-0.39, 0.29) is 18.3 Å². The maximum atomic E-state index is 12.3. The van der Waals surface area contributed by atoms with Gasteiger partial charge in [0.2, 0.25) is 0 Å². The summed E-state index contributed by atoms with van der Waals surface area (Å²) < 4.78 is 14.0. The molecule has 1 N–H and O–H groups in total. The van der Waals surface area contributed by atoms with Crippen LogP contribution in [-0.2, 0) is 19.7 Å². The summed E-state index contributed by atoms with van der Waals surface area (Å²) in [6, 6.07) is 9.34. The molecule has 0 radical (unpaired) electrons. The van der Waals surface area contributed by atoms with Crippen molar-refractivity contribution in [3.63, 3.8) is 0 Å². The van der Waals surface area contributed by atoms with Crippen LogP contribution in [0.3, 0.4) is 0 Å². The number of amides is 1. The molecule has 0 fully saturated rings. The summed E-state index contributed by atoms with van der Waals surface area (Å²) in [5.41, 5.74) is 3.30. The minimum atomic E-state index is -0.275. The van der Waals surface area contributed by atoms with Crippen LogP contribution in [0.1, 0.15) is 40.1 Å². The minimum Gasteiger partial charge on any atom is -0.486 e. The molecule has 2 heterocycles. The van der Waals surface area contributed by atoms with Crippen molar-refractivity contribution in [3.8, 4) is 5.75 Å². The number of nitrogens with zero attached hydrogens (tertiary/aromatic N) is 2. The maximum absolute atomic E-state index is 12.3. The van der Waals surface area contributed by atoms with Crippen LogP contribution in [0.4, 0.5) is 0 Å². The van der Waals surface area contributed by atoms with Gasteiger partial charge in [0, 0.05) is 6.54 Å². The second-order valence-electron chi connectivity index (χ2n) is 6.24. The van der Waals surface area contributed by atoms with E-state index in [1.54, 1.807) is 18.3 Å². The first-order valence-corrected chi connectivity index (χ1v) is 9.54. The van der Waals surface area contributed by atoms with Crippen molar-refractivity contribution in [2.24, 2.45) is 0 Å². The molecule has 0 bridgehead atoms. The van der Waals surface area contributed by atoms with Crippen LogP contribution in [0.2, 0.25) is 0 Å². The van der Waals surface area contributed by atoms with Gasteiger partial charge in [-0.1, -0.05) is 6.07 Å². The Kier molecular flexibility index (Phi) is 6.01. The molecule has 142 valence electrons. The lowest BCUT2D eigenvalue weighted by Crippen LogP contribution is -2.24. The Hall–Kier alpha value is -2.54. The van der Waals surface area contributed by atoms with Gasteiger partial charge in [0.15, 0.2) is 5.76 Å². The highest BCUT2D eigenvalue weighted by atomic mass is 79.9. The lowest BCUT2D eigenvalue weighted by atomic mass is 10.1. The van der Waals surface area contributed by atoms with Crippen molar-refractivity contribution >= 4 is 21.8 Å². The lowest BCUT2D eigenvalue weighted by molar-refractivity contribution is 0.0918. The number of ether oxygens (including phenoxy) is 1. The molecule has 2 aromatic heterocycles. The predicted octanol–water partition coefficient (Wildman–Crippen LogP) is 4.38. The van der Waals surface area contributed by atoms with E-state index >= 15 is 0 Å². The molecule has 7 heteroatoms. The summed E-state index contributed by atoms with van der Waals surface area (Å²) in [5.74, 6) is 1.35. The van der Waals surface area contributed by atoms with Crippen molar-refractivity contribution in [1.29, 1.82) is 0 Å². The van der Waals surface area contributed by atoms with Crippen LogP contribution >= 0.6 is 15.9 Å². The number of carbonyl (C=O) groups excluding carboxylic acids is 1. The first-order valence-electron chi connectivity index (χ1n) is 8.75. The van der Waals surface area contributed by atoms with Gasteiger partial charge in [-0.3, -0.25) is 9.48 Å². The van der Waals surface area contributed by atoms with Crippen LogP contribution in [-0.4, -0.2) is 15.7 Å². The number of nitrogens with one attached hydrogen (secondary N) is 1. The van der Waals surface area contributed by atoms with Gasteiger partial charge in [-0.25, -0.2) is 0 Å². The monoisotopic (exact) mass is 431 g/mol. The summed E-state index contributed by atoms with van der Waals surface area (Å²) in [6.07, 6.45) is 1.72. The van der Waals surface area contributed by atoms with E-state index in [1.807, 2.05) is 36.7 Å². The van der Waals surface area contributed by atoms with E-state index in [4.69, 9.17) is 9.15 Å². The Morgan fingerprint density at radius 1 is 1.26 bits per heavy atom. The Bertz CT molecular complexity index is 946. The molecule has 0 aliphatic rings. The van der Waals surface area contributed by atoms with Gasteiger partial charge in [-0.05, 0) is 72.1 Å². The molecular weight excluding hydrogens is 410 g/mol. The van der Waals surface area contributed by atoms with Crippen molar-refractivity contribution < 1.29 is 13.9 Å². The van der Waals surface area contributed by atoms with Crippen molar-refractivity contribution in [2.75, 3.05) is 0 Å². The van der Waals surface area contributed by atoms with Crippen molar-refractivity contribution in [2.45, 2.75) is 40.5 Å². The SMILES string of the molecule is CCn1ncc(Br)c1CNC(=O)c1ccc(COc2ccc(C)c(C)c2)o1. The Morgan fingerprint density at radius 3 is 2.81 bits per heavy atom. The van der Waals surface area contributed by atoms with Crippen molar-refractivity contribution in [1.82, 2.24) is 15.1 Å². The van der Waals surface area contributed by atoms with Gasteiger partial charge in [-0.2, -0.15) is 5.10 Å². The molecule has 3 aromatic rings. The fraction of sp³-hybridized carbons (Fsp3) is 0.300. The third kappa shape index (κ3) is 4.60. The predicted molar refractivity (Wildman–Crippen MR) is 106 cm³/mol. The number of benzene rings is 1. The second kappa shape index (κ2) is 8.43. The van der Waals surface area contributed by atoms with Crippen LogP contribution in [0.15, 0.2) is 45.4 Å². The fourth-order valence-electron chi connectivity index (χ4n) is 2.62. The van der Waals surface area contributed by atoms with Gasteiger partial charge < -0.3 is 14.5 Å². The maximum Gasteiger partial charge on any atom is 0.287 e. The average molecular weight is 432 g/mol. The molecule has 1 amide bonds. The van der Waals surface area contributed by atoms with Gasteiger partial charge in [0.25, 0.3) is 5.91 Å². The van der Waals surface area contributed by atoms with Gasteiger partial charge >= 0.3 is 0 Å². The zero-order valence-corrected chi connectivity index (χ0v) is 17.2. The van der Waals surface area contributed by atoms with E-state index in [9.17, 15) is 4.79 Å². The normalized spacial score (nSPS) is 10.8. The van der Waals surface area contributed by atoms with E-state index in [1.165, 1.54) is 11.1 Å². The summed E-state index contributed by atoms with van der Waals surface area (Å²) in [7, 11) is 0. The average Bonchev–Trinajstić information content (AvgIpc) is 3.27. The molecule has 6 nitrogen and oxygen atoms in total. The third-order valence-corrected chi connectivity index (χ3v) is 5.02. The molecule has 1 aromatic carbocycles. The highest BCUT2D eigenvalue weighted by Gasteiger charge is 2.14. The van der Waals surface area contributed by atoms with Gasteiger partial charge in [-0.15, -0.1) is 0 Å². The third-order valence-electron chi connectivity index (χ3n) is 4.36. The molecule has 0 aliphatic heterocycles. The summed E-state index contributed by atoms with van der Waals surface area (Å²) in [6.45, 7) is 7.46. The summed E-state index contributed by atoms with van der Waals surface area (Å²) >= 11 is 3.45. The second-order valence-corrected chi connectivity index (χ2v) is 7.09. The number of furan rings is 1. The molecule has 0 aliphatic carbocycles. The fourth-order valence-corrected chi connectivity index (χ4v) is 3.06. The zero-order valence-electron chi connectivity index (χ0n) is 15.6. The van der Waals surface area contributed by atoms with E-state index in [0.29, 0.717) is 12.3 Å². The molecule has 0 saturated carbocycles. The number of aromatic nitrogens is 2. The molecular formula is C20H22BrN3O3. The van der Waals surface area contributed by atoms with Crippen LogP contribution < -0.4 is 10.1 Å². The topological polar surface area (TPSA) is 69.3 Å². The van der Waals surface area contributed by atoms with Gasteiger partial charge in [0.05, 0.1) is 22.9 Å². The molecule has 0 atom stereocenters. The van der Waals surface area contributed by atoms with E-state index in [0.717, 1.165) is 22.5 Å². The molecule has 0 saturated heterocycles. The summed E-state index contributed by atoms with van der Waals surface area (Å²) in [5, 5.41) is 7.09. The van der Waals surface area contributed by atoms with Crippen LogP contribution in [0, 0.1) is 13.8 Å². The van der Waals surface area contributed by atoms with Crippen molar-refractivity contribution in [3.05, 3.63) is 69.3 Å². The number of hydrogen-bond acceptors (Lipinski definition) is 4. The smallest absolute Gasteiger partial charge is 0.287 e. The van der Waals surface area contributed by atoms with E-state index in [2.05, 4.69) is 33.3 Å². The Balaban J connectivity index is 1.57. The Morgan fingerprint density at radius 2 is 2.07 bits per heavy atom. The number of rotatable bonds is 7. The lowest BCUT2D eigenvalue weighted by Gasteiger charge is -2.07. The van der Waals surface area contributed by atoms with Gasteiger partial charge in [0.1, 0.15) is 18.1 Å². The highest BCUT2D eigenvalue weighted by molar-refractivity contribution is 9.10. The summed E-state index contributed by atoms with van der Waals surface area (Å²) in [4.78, 5) is 12.3. The van der Waals surface area contributed by atoms with Crippen LogP contribution in [0.5, 0.6) is 5.75 Å². The largest absolute Gasteiger partial charge is 0.486 e. The molecule has 0 unspecified atom stereocenters. The Labute approximate surface area is 166 Å². The molecule has 3 rings (SSSR count). The first kappa shape index (κ1) is 19.2. The number of halogens is 1. The molecule has 0 spiro atoms. The number of aryl methyl sites for hydroxylation is 3. The standard InChI is InChI=1S/C20H22BrN3O3/c1-4-24-18(17(21)10-23-24)11-22-20(25)19-8-7-16(27-19)12-26-15-6-5-13(2)14(3)9-15/h5-10H,4,11-12H2,1-3H3,(H,22,25).